The highest BCUT2D eigenvalue weighted by molar-refractivity contribution is 14.0. The predicted octanol–water partition coefficient (Wildman–Crippen LogP) is 2.42. The van der Waals surface area contributed by atoms with E-state index in [-0.39, 0.29) is 30.0 Å². The van der Waals surface area contributed by atoms with Gasteiger partial charge in [-0.2, -0.15) is 0 Å². The van der Waals surface area contributed by atoms with Crippen molar-refractivity contribution in [1.29, 1.82) is 0 Å². The van der Waals surface area contributed by atoms with Crippen LogP contribution in [0.5, 0.6) is 0 Å². The molecule has 2 aliphatic heterocycles. The number of halogens is 1. The summed E-state index contributed by atoms with van der Waals surface area (Å²) in [6.45, 7) is 7.78. The fraction of sp³-hybridized carbons (Fsp3) is 0.600. The van der Waals surface area contributed by atoms with Gasteiger partial charge < -0.3 is 19.2 Å². The molecular formula is C20H31IN6O2. The first-order chi connectivity index (χ1) is 13.8. The topological polar surface area (TPSA) is 73.3 Å². The minimum Gasteiger partial charge on any atom is -0.468 e. The molecule has 2 fully saturated rings. The standard InChI is InChI=1S/C20H30N6O2.HI/c1-21-20(26-11-9-24(10-12-26)16-17-6-14-28-23-17)22-15-18(19-5-4-13-27-19)25-7-2-3-8-25;/h4-6,13-14,18H,2-3,7-12,15-16H2,1H3,(H,21,22);1H. The van der Waals surface area contributed by atoms with Crippen LogP contribution in [-0.4, -0.2) is 78.7 Å². The first kappa shape index (κ1) is 22.1. The summed E-state index contributed by atoms with van der Waals surface area (Å²) in [4.78, 5) is 11.8. The summed E-state index contributed by atoms with van der Waals surface area (Å²) in [5, 5.41) is 7.60. The number of nitrogens with one attached hydrogen (secondary N) is 1. The average Bonchev–Trinajstić information content (AvgIpc) is 3.50. The predicted molar refractivity (Wildman–Crippen MR) is 122 cm³/mol. The monoisotopic (exact) mass is 514 g/mol. The van der Waals surface area contributed by atoms with E-state index in [9.17, 15) is 0 Å². The molecule has 1 N–H and O–H groups in total. The number of aromatic nitrogens is 1. The van der Waals surface area contributed by atoms with Gasteiger partial charge in [0, 0.05) is 52.4 Å². The molecule has 2 aliphatic rings. The van der Waals surface area contributed by atoms with E-state index in [1.54, 1.807) is 12.5 Å². The van der Waals surface area contributed by atoms with Crippen LogP contribution in [-0.2, 0) is 6.54 Å². The van der Waals surface area contributed by atoms with Crippen LogP contribution >= 0.6 is 24.0 Å². The Hall–Kier alpha value is -1.59. The van der Waals surface area contributed by atoms with Gasteiger partial charge in [-0.25, -0.2) is 0 Å². The maximum Gasteiger partial charge on any atom is 0.193 e. The average molecular weight is 514 g/mol. The molecule has 9 heteroatoms. The molecule has 0 saturated carbocycles. The zero-order chi connectivity index (χ0) is 19.2. The Bertz CT molecular complexity index is 722. The van der Waals surface area contributed by atoms with Crippen molar-refractivity contribution < 1.29 is 8.94 Å². The van der Waals surface area contributed by atoms with Gasteiger partial charge >= 0.3 is 0 Å². The van der Waals surface area contributed by atoms with Gasteiger partial charge in [0.05, 0.1) is 18.0 Å². The molecule has 0 spiro atoms. The first-order valence-electron chi connectivity index (χ1n) is 10.2. The second-order valence-corrected chi connectivity index (χ2v) is 7.46. The highest BCUT2D eigenvalue weighted by atomic mass is 127. The summed E-state index contributed by atoms with van der Waals surface area (Å²) in [6.07, 6.45) is 5.92. The van der Waals surface area contributed by atoms with E-state index in [0.29, 0.717) is 0 Å². The van der Waals surface area contributed by atoms with Gasteiger partial charge in [0.1, 0.15) is 12.0 Å². The molecule has 4 heterocycles. The molecule has 0 aromatic carbocycles. The van der Waals surface area contributed by atoms with Crippen LogP contribution < -0.4 is 5.32 Å². The molecule has 0 aliphatic carbocycles. The van der Waals surface area contributed by atoms with Crippen molar-refractivity contribution in [3.63, 3.8) is 0 Å². The van der Waals surface area contributed by atoms with E-state index in [4.69, 9.17) is 8.94 Å². The number of nitrogens with zero attached hydrogens (tertiary/aromatic N) is 5. The number of furan rings is 1. The van der Waals surface area contributed by atoms with Crippen molar-refractivity contribution >= 4 is 29.9 Å². The molecule has 29 heavy (non-hydrogen) atoms. The fourth-order valence-corrected chi connectivity index (χ4v) is 4.13. The Kier molecular flexibility index (Phi) is 8.37. The largest absolute Gasteiger partial charge is 0.468 e. The smallest absolute Gasteiger partial charge is 0.193 e. The SMILES string of the molecule is CN=C(NCC(c1ccco1)N1CCCC1)N1CCN(Cc2ccon2)CC1.I. The van der Waals surface area contributed by atoms with Crippen molar-refractivity contribution in [2.45, 2.75) is 25.4 Å². The minimum atomic E-state index is 0. The van der Waals surface area contributed by atoms with Crippen LogP contribution in [0.4, 0.5) is 0 Å². The van der Waals surface area contributed by atoms with E-state index in [1.165, 1.54) is 12.8 Å². The van der Waals surface area contributed by atoms with E-state index in [0.717, 1.165) is 69.8 Å². The van der Waals surface area contributed by atoms with Crippen molar-refractivity contribution in [2.75, 3.05) is 52.9 Å². The summed E-state index contributed by atoms with van der Waals surface area (Å²) >= 11 is 0. The Morgan fingerprint density at radius 3 is 2.55 bits per heavy atom. The van der Waals surface area contributed by atoms with Gasteiger partial charge in [0.25, 0.3) is 0 Å². The van der Waals surface area contributed by atoms with Crippen LogP contribution in [0.25, 0.3) is 0 Å². The van der Waals surface area contributed by atoms with Crippen LogP contribution in [0.2, 0.25) is 0 Å². The van der Waals surface area contributed by atoms with Gasteiger partial charge in [-0.15, -0.1) is 24.0 Å². The quantitative estimate of drug-likeness (QED) is 0.361. The number of hydrogen-bond acceptors (Lipinski definition) is 6. The number of guanidine groups is 1. The molecule has 2 aromatic heterocycles. The molecule has 0 bridgehead atoms. The lowest BCUT2D eigenvalue weighted by molar-refractivity contribution is 0.167. The van der Waals surface area contributed by atoms with E-state index in [2.05, 4.69) is 36.2 Å². The molecular weight excluding hydrogens is 483 g/mol. The molecule has 0 radical (unpaired) electrons. The molecule has 1 atom stereocenters. The normalized spacial score (nSPS) is 19.9. The van der Waals surface area contributed by atoms with Crippen molar-refractivity contribution in [3.8, 4) is 0 Å². The summed E-state index contributed by atoms with van der Waals surface area (Å²) in [6, 6.07) is 6.24. The highest BCUT2D eigenvalue weighted by Crippen LogP contribution is 2.25. The number of likely N-dealkylation sites (tertiary alicyclic amines) is 1. The number of aliphatic imine (C=N–C) groups is 1. The van der Waals surface area contributed by atoms with Gasteiger partial charge in [0.15, 0.2) is 5.96 Å². The molecule has 8 nitrogen and oxygen atoms in total. The molecule has 2 saturated heterocycles. The van der Waals surface area contributed by atoms with Crippen molar-refractivity contribution in [1.82, 2.24) is 25.2 Å². The number of rotatable bonds is 6. The third-order valence-electron chi connectivity index (χ3n) is 5.67. The Labute approximate surface area is 189 Å². The summed E-state index contributed by atoms with van der Waals surface area (Å²) < 4.78 is 10.7. The second kappa shape index (κ2) is 11.0. The van der Waals surface area contributed by atoms with Gasteiger partial charge in [0.2, 0.25) is 0 Å². The van der Waals surface area contributed by atoms with Crippen LogP contribution in [0.1, 0.15) is 30.3 Å². The Morgan fingerprint density at radius 1 is 1.14 bits per heavy atom. The lowest BCUT2D eigenvalue weighted by atomic mass is 10.2. The van der Waals surface area contributed by atoms with E-state index >= 15 is 0 Å². The Balaban J connectivity index is 0.00000240. The van der Waals surface area contributed by atoms with E-state index in [1.807, 2.05) is 19.2 Å². The zero-order valence-corrected chi connectivity index (χ0v) is 19.3. The third kappa shape index (κ3) is 5.73. The second-order valence-electron chi connectivity index (χ2n) is 7.46. The number of piperazine rings is 1. The van der Waals surface area contributed by atoms with Crippen LogP contribution in [0.3, 0.4) is 0 Å². The van der Waals surface area contributed by atoms with Crippen LogP contribution in [0.15, 0.2) is 44.7 Å². The van der Waals surface area contributed by atoms with Gasteiger partial charge in [-0.1, -0.05) is 5.16 Å². The maximum atomic E-state index is 5.73. The third-order valence-corrected chi connectivity index (χ3v) is 5.67. The lowest BCUT2D eigenvalue weighted by Crippen LogP contribution is -2.53. The van der Waals surface area contributed by atoms with Gasteiger partial charge in [-0.3, -0.25) is 14.8 Å². The van der Waals surface area contributed by atoms with Crippen molar-refractivity contribution in [3.05, 3.63) is 42.2 Å². The summed E-state index contributed by atoms with van der Waals surface area (Å²) in [5.74, 6) is 2.00. The number of hydrogen-bond donors (Lipinski definition) is 1. The maximum absolute atomic E-state index is 5.73. The lowest BCUT2D eigenvalue weighted by Gasteiger charge is -2.37. The highest BCUT2D eigenvalue weighted by Gasteiger charge is 2.27. The summed E-state index contributed by atoms with van der Waals surface area (Å²) in [7, 11) is 1.86. The van der Waals surface area contributed by atoms with Gasteiger partial charge in [-0.05, 0) is 38.1 Å². The molecule has 1 unspecified atom stereocenters. The van der Waals surface area contributed by atoms with E-state index < -0.39 is 0 Å². The summed E-state index contributed by atoms with van der Waals surface area (Å²) in [5.41, 5.74) is 0.989. The molecule has 0 amide bonds. The minimum absolute atomic E-state index is 0. The first-order valence-corrected chi connectivity index (χ1v) is 10.2. The fourth-order valence-electron chi connectivity index (χ4n) is 4.13. The van der Waals surface area contributed by atoms with Crippen molar-refractivity contribution in [2.24, 2.45) is 4.99 Å². The molecule has 2 aromatic rings. The molecule has 4 rings (SSSR count). The van der Waals surface area contributed by atoms with Crippen LogP contribution in [0, 0.1) is 0 Å². The molecule has 160 valence electrons. The Morgan fingerprint density at radius 2 is 1.93 bits per heavy atom. The zero-order valence-electron chi connectivity index (χ0n) is 17.0.